The highest BCUT2D eigenvalue weighted by molar-refractivity contribution is 9.10. The molecule has 0 radical (unpaired) electrons. The third-order valence-electron chi connectivity index (χ3n) is 3.74. The number of rotatable bonds is 5. The average molecular weight is 450 g/mol. The van der Waals surface area contributed by atoms with Gasteiger partial charge in [-0.15, -0.1) is 0 Å². The Hall–Kier alpha value is -2.49. The lowest BCUT2D eigenvalue weighted by molar-refractivity contribution is 0.0519. The van der Waals surface area contributed by atoms with Crippen molar-refractivity contribution in [1.82, 2.24) is 9.78 Å². The van der Waals surface area contributed by atoms with E-state index in [2.05, 4.69) is 21.0 Å². The highest BCUT2D eigenvalue weighted by Gasteiger charge is 2.18. The number of hydrogen-bond donors (Lipinski definition) is 1. The van der Waals surface area contributed by atoms with Gasteiger partial charge in [0.1, 0.15) is 0 Å². The topological polar surface area (TPSA) is 104 Å². The Morgan fingerprint density at radius 1 is 1.15 bits per heavy atom. The minimum Gasteiger partial charge on any atom is -0.461 e. The summed E-state index contributed by atoms with van der Waals surface area (Å²) in [5.41, 5.74) is 2.23. The van der Waals surface area contributed by atoms with Gasteiger partial charge in [-0.25, -0.2) is 23.0 Å². The second-order valence-electron chi connectivity index (χ2n) is 5.59. The SMILES string of the molecule is CCOC(=O)c1cc(-c2ccc(Br)cc2)n(-c2ccc(S(N)(=O)=O)cc2)n1. The molecule has 1 aromatic heterocycles. The molecule has 0 bridgehead atoms. The van der Waals surface area contributed by atoms with E-state index in [1.165, 1.54) is 12.1 Å². The van der Waals surface area contributed by atoms with E-state index in [4.69, 9.17) is 9.88 Å². The van der Waals surface area contributed by atoms with E-state index in [-0.39, 0.29) is 17.2 Å². The third kappa shape index (κ3) is 4.26. The van der Waals surface area contributed by atoms with Gasteiger partial charge in [-0.3, -0.25) is 0 Å². The van der Waals surface area contributed by atoms with E-state index in [1.54, 1.807) is 29.8 Å². The Morgan fingerprint density at radius 3 is 2.33 bits per heavy atom. The van der Waals surface area contributed by atoms with Crippen molar-refractivity contribution in [1.29, 1.82) is 0 Å². The second-order valence-corrected chi connectivity index (χ2v) is 8.07. The van der Waals surface area contributed by atoms with Gasteiger partial charge >= 0.3 is 5.97 Å². The summed E-state index contributed by atoms with van der Waals surface area (Å²) in [6.45, 7) is 1.96. The molecule has 0 saturated heterocycles. The maximum atomic E-state index is 12.1. The van der Waals surface area contributed by atoms with Crippen LogP contribution in [0, 0.1) is 0 Å². The van der Waals surface area contributed by atoms with Crippen molar-refractivity contribution in [2.75, 3.05) is 6.61 Å². The first-order valence-corrected chi connectivity index (χ1v) is 10.3. The van der Waals surface area contributed by atoms with Crippen LogP contribution in [0.5, 0.6) is 0 Å². The van der Waals surface area contributed by atoms with Crippen molar-refractivity contribution >= 4 is 31.9 Å². The van der Waals surface area contributed by atoms with Crippen LogP contribution in [0.15, 0.2) is 64.0 Å². The number of aromatic nitrogens is 2. The van der Waals surface area contributed by atoms with E-state index >= 15 is 0 Å². The standard InChI is InChI=1S/C18H16BrN3O4S/c1-2-26-18(23)16-11-17(12-3-5-13(19)6-4-12)22(21-16)14-7-9-15(10-8-14)27(20,24)25/h3-11H,2H2,1H3,(H2,20,24,25). The van der Waals surface area contributed by atoms with Crippen molar-refractivity contribution in [2.24, 2.45) is 5.14 Å². The fraction of sp³-hybridized carbons (Fsp3) is 0.111. The predicted molar refractivity (Wildman–Crippen MR) is 104 cm³/mol. The molecule has 140 valence electrons. The predicted octanol–water partition coefficient (Wildman–Crippen LogP) is 3.13. The summed E-state index contributed by atoms with van der Waals surface area (Å²) in [5, 5.41) is 9.48. The fourth-order valence-corrected chi connectivity index (χ4v) is 3.27. The van der Waals surface area contributed by atoms with Crippen LogP contribution in [0.2, 0.25) is 0 Å². The van der Waals surface area contributed by atoms with E-state index in [0.29, 0.717) is 11.4 Å². The summed E-state index contributed by atoms with van der Waals surface area (Å²) < 4.78 is 30.4. The number of halogens is 1. The number of sulfonamides is 1. The summed E-state index contributed by atoms with van der Waals surface area (Å²) >= 11 is 3.39. The molecule has 0 aliphatic heterocycles. The number of hydrogen-bond acceptors (Lipinski definition) is 5. The van der Waals surface area contributed by atoms with Gasteiger partial charge in [0.2, 0.25) is 10.0 Å². The Kier molecular flexibility index (Phi) is 5.45. The van der Waals surface area contributed by atoms with Gasteiger partial charge in [-0.2, -0.15) is 5.10 Å². The smallest absolute Gasteiger partial charge is 0.358 e. The first kappa shape index (κ1) is 19.3. The minimum atomic E-state index is -3.79. The highest BCUT2D eigenvalue weighted by atomic mass is 79.9. The Labute approximate surface area is 164 Å². The van der Waals surface area contributed by atoms with E-state index < -0.39 is 16.0 Å². The fourth-order valence-electron chi connectivity index (χ4n) is 2.49. The van der Waals surface area contributed by atoms with Crippen LogP contribution in [0.4, 0.5) is 0 Å². The molecule has 0 unspecified atom stereocenters. The number of nitrogens with two attached hydrogens (primary N) is 1. The van der Waals surface area contributed by atoms with Crippen molar-refractivity contribution in [2.45, 2.75) is 11.8 Å². The second kappa shape index (κ2) is 7.63. The van der Waals surface area contributed by atoms with Gasteiger partial charge in [0.15, 0.2) is 5.69 Å². The molecule has 2 aromatic carbocycles. The molecule has 7 nitrogen and oxygen atoms in total. The molecular weight excluding hydrogens is 434 g/mol. The van der Waals surface area contributed by atoms with Crippen LogP contribution in [0.3, 0.4) is 0 Å². The number of carbonyl (C=O) groups is 1. The molecule has 0 amide bonds. The first-order chi connectivity index (χ1) is 12.8. The summed E-state index contributed by atoms with van der Waals surface area (Å²) in [4.78, 5) is 12.1. The van der Waals surface area contributed by atoms with Crippen LogP contribution in [-0.4, -0.2) is 30.8 Å². The lowest BCUT2D eigenvalue weighted by Crippen LogP contribution is -2.12. The van der Waals surface area contributed by atoms with Gasteiger partial charge in [-0.1, -0.05) is 28.1 Å². The van der Waals surface area contributed by atoms with Crippen molar-refractivity contribution in [3.8, 4) is 16.9 Å². The molecule has 0 saturated carbocycles. The van der Waals surface area contributed by atoms with Gasteiger partial charge < -0.3 is 4.74 Å². The molecule has 27 heavy (non-hydrogen) atoms. The Balaban J connectivity index is 2.12. The van der Waals surface area contributed by atoms with Gasteiger partial charge in [0, 0.05) is 10.0 Å². The molecule has 2 N–H and O–H groups in total. The molecular formula is C18H16BrN3O4S. The van der Waals surface area contributed by atoms with E-state index in [9.17, 15) is 13.2 Å². The van der Waals surface area contributed by atoms with Crippen LogP contribution in [-0.2, 0) is 14.8 Å². The highest BCUT2D eigenvalue weighted by Crippen LogP contribution is 2.26. The van der Waals surface area contributed by atoms with Crippen LogP contribution < -0.4 is 5.14 Å². The van der Waals surface area contributed by atoms with Crippen LogP contribution in [0.1, 0.15) is 17.4 Å². The summed E-state index contributed by atoms with van der Waals surface area (Å²) in [5.74, 6) is -0.532. The molecule has 9 heteroatoms. The van der Waals surface area contributed by atoms with Gasteiger partial charge in [0.05, 0.1) is 22.9 Å². The molecule has 3 rings (SSSR count). The first-order valence-electron chi connectivity index (χ1n) is 7.96. The third-order valence-corrected chi connectivity index (χ3v) is 5.20. The quantitative estimate of drug-likeness (QED) is 0.602. The number of carbonyl (C=O) groups excluding carboxylic acids is 1. The van der Waals surface area contributed by atoms with Gasteiger partial charge in [-0.05, 0) is 49.4 Å². The number of nitrogens with zero attached hydrogens (tertiary/aromatic N) is 2. The maximum Gasteiger partial charge on any atom is 0.358 e. The monoisotopic (exact) mass is 449 g/mol. The van der Waals surface area contributed by atoms with Crippen LogP contribution >= 0.6 is 15.9 Å². The zero-order valence-corrected chi connectivity index (χ0v) is 16.7. The van der Waals surface area contributed by atoms with E-state index in [1.807, 2.05) is 24.3 Å². The van der Waals surface area contributed by atoms with Gasteiger partial charge in [0.25, 0.3) is 0 Å². The molecule has 0 atom stereocenters. The Morgan fingerprint density at radius 2 is 1.78 bits per heavy atom. The largest absolute Gasteiger partial charge is 0.461 e. The zero-order chi connectivity index (χ0) is 19.6. The lowest BCUT2D eigenvalue weighted by Gasteiger charge is -2.08. The number of primary sulfonamides is 1. The summed E-state index contributed by atoms with van der Waals surface area (Å²) in [6.07, 6.45) is 0. The molecule has 0 aliphatic carbocycles. The number of ether oxygens (including phenoxy) is 1. The average Bonchev–Trinajstić information content (AvgIpc) is 3.07. The Bertz CT molecular complexity index is 1070. The molecule has 0 fully saturated rings. The normalized spacial score (nSPS) is 11.4. The molecule has 1 heterocycles. The van der Waals surface area contributed by atoms with Crippen LogP contribution in [0.25, 0.3) is 16.9 Å². The van der Waals surface area contributed by atoms with E-state index in [0.717, 1.165) is 10.0 Å². The zero-order valence-electron chi connectivity index (χ0n) is 14.3. The summed E-state index contributed by atoms with van der Waals surface area (Å²) in [7, 11) is -3.79. The van der Waals surface area contributed by atoms with Crippen molar-refractivity contribution in [3.05, 3.63) is 64.8 Å². The lowest BCUT2D eigenvalue weighted by atomic mass is 10.1. The maximum absolute atomic E-state index is 12.1. The molecule has 3 aromatic rings. The number of benzene rings is 2. The number of esters is 1. The minimum absolute atomic E-state index is 0.00536. The summed E-state index contributed by atoms with van der Waals surface area (Å²) in [6, 6.07) is 15.1. The van der Waals surface area contributed by atoms with Crippen molar-refractivity contribution < 1.29 is 17.9 Å². The van der Waals surface area contributed by atoms with Crippen molar-refractivity contribution in [3.63, 3.8) is 0 Å². The molecule has 0 aliphatic rings. The molecule has 0 spiro atoms.